The Kier molecular flexibility index (Phi) is 6.17. The number of hydrogen-bond acceptors (Lipinski definition) is 3. The standard InChI is InChI=1S/C16H26N2O2/c1-13-7-5-8-14(11-13)17-15(20)9-6-10-18(4)16(2,3)12-19/h5,7-8,11,19H,6,9-10,12H2,1-4H3,(H,17,20). The third-order valence-corrected chi connectivity index (χ3v) is 3.62. The second-order valence-corrected chi connectivity index (χ2v) is 5.91. The van der Waals surface area contributed by atoms with Crippen LogP contribution in [0, 0.1) is 6.92 Å². The molecule has 0 bridgehead atoms. The van der Waals surface area contributed by atoms with Crippen molar-refractivity contribution in [2.24, 2.45) is 0 Å². The quantitative estimate of drug-likeness (QED) is 0.805. The van der Waals surface area contributed by atoms with Crippen LogP contribution in [0.25, 0.3) is 0 Å². The van der Waals surface area contributed by atoms with E-state index < -0.39 is 0 Å². The molecule has 0 heterocycles. The molecule has 0 unspecified atom stereocenters. The van der Waals surface area contributed by atoms with Crippen molar-refractivity contribution in [3.8, 4) is 0 Å². The average Bonchev–Trinajstić information content (AvgIpc) is 2.38. The molecule has 0 aliphatic heterocycles. The van der Waals surface area contributed by atoms with E-state index in [1.165, 1.54) is 0 Å². The van der Waals surface area contributed by atoms with Gasteiger partial charge in [-0.2, -0.15) is 0 Å². The predicted octanol–water partition coefficient (Wildman–Crippen LogP) is 2.42. The molecule has 4 nitrogen and oxygen atoms in total. The summed E-state index contributed by atoms with van der Waals surface area (Å²) in [6.45, 7) is 6.87. The largest absolute Gasteiger partial charge is 0.394 e. The van der Waals surface area contributed by atoms with Gasteiger partial charge in [0.05, 0.1) is 6.61 Å². The summed E-state index contributed by atoms with van der Waals surface area (Å²) in [6, 6.07) is 7.79. The van der Waals surface area contributed by atoms with E-state index in [1.807, 2.05) is 52.1 Å². The Balaban J connectivity index is 2.34. The highest BCUT2D eigenvalue weighted by Gasteiger charge is 2.21. The third-order valence-electron chi connectivity index (χ3n) is 3.62. The Hall–Kier alpha value is -1.39. The molecule has 0 saturated heterocycles. The van der Waals surface area contributed by atoms with Crippen molar-refractivity contribution >= 4 is 11.6 Å². The minimum Gasteiger partial charge on any atom is -0.394 e. The molecule has 112 valence electrons. The van der Waals surface area contributed by atoms with Gasteiger partial charge in [0.2, 0.25) is 5.91 Å². The summed E-state index contributed by atoms with van der Waals surface area (Å²) in [7, 11) is 1.97. The molecule has 0 atom stereocenters. The van der Waals surface area contributed by atoms with Gasteiger partial charge in [-0.3, -0.25) is 9.69 Å². The highest BCUT2D eigenvalue weighted by atomic mass is 16.3. The van der Waals surface area contributed by atoms with Crippen LogP contribution in [0.1, 0.15) is 32.3 Å². The Morgan fingerprint density at radius 3 is 2.70 bits per heavy atom. The van der Waals surface area contributed by atoms with Crippen molar-refractivity contribution in [3.05, 3.63) is 29.8 Å². The summed E-state index contributed by atoms with van der Waals surface area (Å²) in [5.41, 5.74) is 1.73. The van der Waals surface area contributed by atoms with Crippen LogP contribution in [0.5, 0.6) is 0 Å². The normalized spacial score (nSPS) is 11.7. The monoisotopic (exact) mass is 278 g/mol. The number of hydrogen-bond donors (Lipinski definition) is 2. The number of aliphatic hydroxyl groups excluding tert-OH is 1. The maximum Gasteiger partial charge on any atom is 0.224 e. The van der Waals surface area contributed by atoms with Crippen LogP contribution in [0.4, 0.5) is 5.69 Å². The summed E-state index contributed by atoms with van der Waals surface area (Å²) in [5, 5.41) is 12.2. The summed E-state index contributed by atoms with van der Waals surface area (Å²) in [4.78, 5) is 13.9. The number of rotatable bonds is 7. The predicted molar refractivity (Wildman–Crippen MR) is 82.8 cm³/mol. The van der Waals surface area contributed by atoms with E-state index in [9.17, 15) is 9.90 Å². The number of nitrogens with zero attached hydrogens (tertiary/aromatic N) is 1. The number of benzene rings is 1. The van der Waals surface area contributed by atoms with Gasteiger partial charge in [0, 0.05) is 17.6 Å². The maximum absolute atomic E-state index is 11.8. The lowest BCUT2D eigenvalue weighted by Crippen LogP contribution is -2.44. The Labute approximate surface area is 121 Å². The van der Waals surface area contributed by atoms with Crippen molar-refractivity contribution in [2.75, 3.05) is 25.5 Å². The van der Waals surface area contributed by atoms with Crippen LogP contribution in [-0.4, -0.2) is 41.7 Å². The summed E-state index contributed by atoms with van der Waals surface area (Å²) in [6.07, 6.45) is 1.26. The fraction of sp³-hybridized carbons (Fsp3) is 0.562. The van der Waals surface area contributed by atoms with Crippen molar-refractivity contribution in [2.45, 2.75) is 39.2 Å². The Bertz CT molecular complexity index is 444. The first-order valence-corrected chi connectivity index (χ1v) is 7.04. The molecule has 0 aromatic heterocycles. The molecule has 4 heteroatoms. The minimum absolute atomic E-state index is 0.0332. The Morgan fingerprint density at radius 2 is 2.10 bits per heavy atom. The lowest BCUT2D eigenvalue weighted by atomic mass is 10.0. The van der Waals surface area contributed by atoms with Crippen LogP contribution >= 0.6 is 0 Å². The fourth-order valence-corrected chi connectivity index (χ4v) is 1.85. The van der Waals surface area contributed by atoms with Gasteiger partial charge in [0.25, 0.3) is 0 Å². The van der Waals surface area contributed by atoms with Crippen molar-refractivity contribution < 1.29 is 9.90 Å². The number of anilines is 1. The maximum atomic E-state index is 11.8. The molecule has 1 aromatic rings. The van der Waals surface area contributed by atoms with Gasteiger partial charge in [-0.05, 0) is 58.5 Å². The van der Waals surface area contributed by atoms with Crippen molar-refractivity contribution in [1.82, 2.24) is 4.90 Å². The molecular weight excluding hydrogens is 252 g/mol. The summed E-state index contributed by atoms with van der Waals surface area (Å²) in [5.74, 6) is 0.0332. The van der Waals surface area contributed by atoms with Gasteiger partial charge in [0.1, 0.15) is 0 Å². The number of carbonyl (C=O) groups is 1. The molecule has 0 aliphatic rings. The van der Waals surface area contributed by atoms with E-state index in [0.717, 1.165) is 24.2 Å². The molecule has 0 aliphatic carbocycles. The lowest BCUT2D eigenvalue weighted by molar-refractivity contribution is -0.116. The van der Waals surface area contributed by atoms with E-state index in [-0.39, 0.29) is 18.1 Å². The van der Waals surface area contributed by atoms with Gasteiger partial charge >= 0.3 is 0 Å². The molecule has 20 heavy (non-hydrogen) atoms. The molecule has 1 rings (SSSR count). The first-order valence-electron chi connectivity index (χ1n) is 7.04. The van der Waals surface area contributed by atoms with E-state index in [4.69, 9.17) is 0 Å². The second kappa shape index (κ2) is 7.41. The molecule has 0 saturated carbocycles. The molecular formula is C16H26N2O2. The van der Waals surface area contributed by atoms with Gasteiger partial charge in [0.15, 0.2) is 0 Å². The van der Waals surface area contributed by atoms with Gasteiger partial charge < -0.3 is 10.4 Å². The molecule has 1 amide bonds. The van der Waals surface area contributed by atoms with Crippen LogP contribution in [0.15, 0.2) is 24.3 Å². The van der Waals surface area contributed by atoms with E-state index in [1.54, 1.807) is 0 Å². The summed E-state index contributed by atoms with van der Waals surface area (Å²) < 4.78 is 0. The third kappa shape index (κ3) is 5.31. The molecule has 0 spiro atoms. The van der Waals surface area contributed by atoms with Gasteiger partial charge in [-0.25, -0.2) is 0 Å². The molecule has 0 radical (unpaired) electrons. The first kappa shape index (κ1) is 16.7. The number of likely N-dealkylation sites (N-methyl/N-ethyl adjacent to an activating group) is 1. The van der Waals surface area contributed by atoms with Crippen LogP contribution in [0.2, 0.25) is 0 Å². The molecule has 0 fully saturated rings. The highest BCUT2D eigenvalue weighted by molar-refractivity contribution is 5.90. The zero-order chi connectivity index (χ0) is 15.2. The van der Waals surface area contributed by atoms with Crippen molar-refractivity contribution in [3.63, 3.8) is 0 Å². The Morgan fingerprint density at radius 1 is 1.40 bits per heavy atom. The van der Waals surface area contributed by atoms with E-state index in [2.05, 4.69) is 10.2 Å². The smallest absolute Gasteiger partial charge is 0.224 e. The SMILES string of the molecule is Cc1cccc(NC(=O)CCCN(C)C(C)(C)CO)c1. The molecule has 1 aromatic carbocycles. The van der Waals surface area contributed by atoms with Crippen LogP contribution in [0.3, 0.4) is 0 Å². The second-order valence-electron chi connectivity index (χ2n) is 5.91. The number of carbonyl (C=O) groups excluding carboxylic acids is 1. The first-order chi connectivity index (χ1) is 9.35. The topological polar surface area (TPSA) is 52.6 Å². The number of aryl methyl sites for hydroxylation is 1. The van der Waals surface area contributed by atoms with Crippen molar-refractivity contribution in [1.29, 1.82) is 0 Å². The minimum atomic E-state index is -0.243. The van der Waals surface area contributed by atoms with Crippen LogP contribution < -0.4 is 5.32 Å². The zero-order valence-electron chi connectivity index (χ0n) is 12.9. The average molecular weight is 278 g/mol. The number of amides is 1. The van der Waals surface area contributed by atoms with E-state index >= 15 is 0 Å². The van der Waals surface area contributed by atoms with E-state index in [0.29, 0.717) is 6.42 Å². The highest BCUT2D eigenvalue weighted by Crippen LogP contribution is 2.13. The van der Waals surface area contributed by atoms with Gasteiger partial charge in [-0.1, -0.05) is 12.1 Å². The zero-order valence-corrected chi connectivity index (χ0v) is 12.9. The lowest BCUT2D eigenvalue weighted by Gasteiger charge is -2.33. The fourth-order valence-electron chi connectivity index (χ4n) is 1.85. The van der Waals surface area contributed by atoms with Gasteiger partial charge in [-0.15, -0.1) is 0 Å². The number of aliphatic hydroxyl groups is 1. The summed E-state index contributed by atoms with van der Waals surface area (Å²) >= 11 is 0. The molecule has 2 N–H and O–H groups in total. The number of nitrogens with one attached hydrogen (secondary N) is 1. The van der Waals surface area contributed by atoms with Crippen LogP contribution in [-0.2, 0) is 4.79 Å².